The van der Waals surface area contributed by atoms with Crippen LogP contribution in [-0.4, -0.2) is 55.8 Å². The average molecular weight is 429 g/mol. The smallest absolute Gasteiger partial charge is 0.251 e. The number of carbonyl (C=O) groups excluding carboxylic acids is 1. The van der Waals surface area contributed by atoms with Gasteiger partial charge in [0.2, 0.25) is 0 Å². The van der Waals surface area contributed by atoms with E-state index in [0.29, 0.717) is 41.2 Å². The van der Waals surface area contributed by atoms with Crippen LogP contribution in [0.3, 0.4) is 0 Å². The fourth-order valence-corrected chi connectivity index (χ4v) is 4.56. The lowest BCUT2D eigenvalue weighted by molar-refractivity contribution is 0.0531. The molecule has 4 heterocycles. The van der Waals surface area contributed by atoms with E-state index in [-0.39, 0.29) is 18.1 Å². The lowest BCUT2D eigenvalue weighted by Gasteiger charge is -2.44. The standard InChI is InChI=1S/C23H25ClN2O4/c24-17-2-4-18(5-3-17)28-13-19-14-29-22-11-16(1-6-21(22)30-19)23(27)25-20-12-26-9-7-15(20)8-10-26/h1-6,11,15,19-20H,7-10,12-14H2,(H,25,27)/t19-,20+/m1/s1. The van der Waals surface area contributed by atoms with Crippen LogP contribution in [0, 0.1) is 5.92 Å². The maximum Gasteiger partial charge on any atom is 0.251 e. The van der Waals surface area contributed by atoms with E-state index in [1.165, 1.54) is 12.8 Å². The Kier molecular flexibility index (Phi) is 5.44. The van der Waals surface area contributed by atoms with Gasteiger partial charge in [0.15, 0.2) is 17.6 Å². The van der Waals surface area contributed by atoms with E-state index >= 15 is 0 Å². The molecule has 7 heteroatoms. The monoisotopic (exact) mass is 428 g/mol. The Morgan fingerprint density at radius 1 is 1.13 bits per heavy atom. The first-order chi connectivity index (χ1) is 14.6. The summed E-state index contributed by atoms with van der Waals surface area (Å²) in [6, 6.07) is 12.8. The molecule has 0 aromatic heterocycles. The number of rotatable bonds is 5. The molecule has 4 aliphatic heterocycles. The second kappa shape index (κ2) is 8.36. The Labute approximate surface area is 181 Å². The predicted molar refractivity (Wildman–Crippen MR) is 114 cm³/mol. The number of nitrogens with one attached hydrogen (secondary N) is 1. The number of fused-ring (bicyclic) bond motifs is 4. The predicted octanol–water partition coefficient (Wildman–Crippen LogP) is 3.38. The third-order valence-electron chi connectivity index (χ3n) is 6.15. The minimum atomic E-state index is -0.223. The van der Waals surface area contributed by atoms with Crippen molar-refractivity contribution in [1.29, 1.82) is 0 Å². The topological polar surface area (TPSA) is 60.0 Å². The summed E-state index contributed by atoms with van der Waals surface area (Å²) < 4.78 is 17.6. The minimum absolute atomic E-state index is 0.0478. The molecular weight excluding hydrogens is 404 g/mol. The summed E-state index contributed by atoms with van der Waals surface area (Å²) in [6.45, 7) is 4.00. The van der Waals surface area contributed by atoms with E-state index in [0.717, 1.165) is 25.4 Å². The van der Waals surface area contributed by atoms with Crippen LogP contribution in [-0.2, 0) is 0 Å². The Morgan fingerprint density at radius 3 is 2.67 bits per heavy atom. The molecule has 2 bridgehead atoms. The van der Waals surface area contributed by atoms with Crippen molar-refractivity contribution in [3.8, 4) is 17.2 Å². The maximum absolute atomic E-state index is 12.8. The maximum atomic E-state index is 12.8. The van der Waals surface area contributed by atoms with Crippen LogP contribution in [0.4, 0.5) is 0 Å². The fourth-order valence-electron chi connectivity index (χ4n) is 4.44. The molecule has 1 N–H and O–H groups in total. The molecule has 3 fully saturated rings. The van der Waals surface area contributed by atoms with E-state index < -0.39 is 0 Å². The number of benzene rings is 2. The zero-order valence-corrected chi connectivity index (χ0v) is 17.4. The highest BCUT2D eigenvalue weighted by Crippen LogP contribution is 2.33. The fraction of sp³-hybridized carbons (Fsp3) is 0.435. The van der Waals surface area contributed by atoms with Crippen molar-refractivity contribution in [3.05, 3.63) is 53.1 Å². The Balaban J connectivity index is 1.18. The van der Waals surface area contributed by atoms with Crippen LogP contribution in [0.15, 0.2) is 42.5 Å². The Morgan fingerprint density at radius 2 is 1.93 bits per heavy atom. The Hall–Kier alpha value is -2.44. The summed E-state index contributed by atoms with van der Waals surface area (Å²) in [6.07, 6.45) is 2.12. The third-order valence-corrected chi connectivity index (χ3v) is 6.40. The normalized spacial score (nSPS) is 26.8. The number of piperidine rings is 3. The number of hydrogen-bond acceptors (Lipinski definition) is 5. The van der Waals surface area contributed by atoms with Gasteiger partial charge in [-0.05, 0) is 74.3 Å². The van der Waals surface area contributed by atoms with Crippen LogP contribution in [0.5, 0.6) is 17.2 Å². The second-order valence-corrected chi connectivity index (χ2v) is 8.63. The molecule has 30 heavy (non-hydrogen) atoms. The number of ether oxygens (including phenoxy) is 3. The first-order valence-electron chi connectivity index (χ1n) is 10.5. The molecule has 3 saturated heterocycles. The summed E-state index contributed by atoms with van der Waals surface area (Å²) in [5.41, 5.74) is 0.602. The quantitative estimate of drug-likeness (QED) is 0.791. The second-order valence-electron chi connectivity index (χ2n) is 8.20. The van der Waals surface area contributed by atoms with Gasteiger partial charge >= 0.3 is 0 Å². The molecule has 2 aromatic rings. The van der Waals surface area contributed by atoms with E-state index in [2.05, 4.69) is 10.2 Å². The van der Waals surface area contributed by atoms with Crippen LogP contribution < -0.4 is 19.5 Å². The van der Waals surface area contributed by atoms with Gasteiger partial charge in [-0.25, -0.2) is 0 Å². The van der Waals surface area contributed by atoms with Crippen LogP contribution >= 0.6 is 11.6 Å². The van der Waals surface area contributed by atoms with E-state index in [4.69, 9.17) is 25.8 Å². The SMILES string of the molecule is O=C(N[C@H]1CN2CCC1CC2)c1ccc2c(c1)OC[C@@H](COc1ccc(Cl)cc1)O2. The Bertz CT molecular complexity index is 912. The molecule has 0 saturated carbocycles. The van der Waals surface area contributed by atoms with Gasteiger partial charge in [-0.1, -0.05) is 11.6 Å². The van der Waals surface area contributed by atoms with Crippen molar-refractivity contribution in [2.24, 2.45) is 5.92 Å². The summed E-state index contributed by atoms with van der Waals surface area (Å²) in [7, 11) is 0. The van der Waals surface area contributed by atoms with Gasteiger partial charge in [-0.15, -0.1) is 0 Å². The molecule has 4 aliphatic rings. The summed E-state index contributed by atoms with van der Waals surface area (Å²) in [5, 5.41) is 3.89. The number of amides is 1. The van der Waals surface area contributed by atoms with Crippen molar-refractivity contribution >= 4 is 17.5 Å². The van der Waals surface area contributed by atoms with Gasteiger partial charge in [-0.2, -0.15) is 0 Å². The van der Waals surface area contributed by atoms with Gasteiger partial charge in [0, 0.05) is 23.2 Å². The first-order valence-corrected chi connectivity index (χ1v) is 10.9. The van der Waals surface area contributed by atoms with Gasteiger partial charge < -0.3 is 24.4 Å². The van der Waals surface area contributed by atoms with E-state index in [9.17, 15) is 4.79 Å². The van der Waals surface area contributed by atoms with Crippen LogP contribution in [0.25, 0.3) is 0 Å². The van der Waals surface area contributed by atoms with E-state index in [1.807, 2.05) is 12.1 Å². The third kappa shape index (κ3) is 4.20. The minimum Gasteiger partial charge on any atom is -0.490 e. The zero-order valence-electron chi connectivity index (χ0n) is 16.7. The van der Waals surface area contributed by atoms with Crippen molar-refractivity contribution in [2.75, 3.05) is 32.8 Å². The summed E-state index contributed by atoms with van der Waals surface area (Å²) >= 11 is 5.89. The molecule has 6 rings (SSSR count). The lowest BCUT2D eigenvalue weighted by Crippen LogP contribution is -2.57. The summed E-state index contributed by atoms with van der Waals surface area (Å²) in [5.74, 6) is 2.50. The van der Waals surface area contributed by atoms with Gasteiger partial charge in [-0.3, -0.25) is 4.79 Å². The molecule has 2 atom stereocenters. The van der Waals surface area contributed by atoms with Gasteiger partial charge in [0.05, 0.1) is 0 Å². The molecule has 2 aromatic carbocycles. The average Bonchev–Trinajstić information content (AvgIpc) is 2.79. The molecule has 0 aliphatic carbocycles. The van der Waals surface area contributed by atoms with Crippen molar-refractivity contribution in [2.45, 2.75) is 25.0 Å². The van der Waals surface area contributed by atoms with Crippen molar-refractivity contribution in [1.82, 2.24) is 10.2 Å². The molecule has 6 nitrogen and oxygen atoms in total. The molecule has 1 amide bonds. The highest BCUT2D eigenvalue weighted by atomic mass is 35.5. The number of nitrogens with zero attached hydrogens (tertiary/aromatic N) is 1. The number of halogens is 1. The highest BCUT2D eigenvalue weighted by Gasteiger charge is 2.35. The molecule has 0 radical (unpaired) electrons. The molecular formula is C23H25ClN2O4. The van der Waals surface area contributed by atoms with Crippen molar-refractivity contribution < 1.29 is 19.0 Å². The largest absolute Gasteiger partial charge is 0.490 e. The van der Waals surface area contributed by atoms with Crippen molar-refractivity contribution in [3.63, 3.8) is 0 Å². The number of hydrogen-bond donors (Lipinski definition) is 1. The van der Waals surface area contributed by atoms with Crippen LogP contribution in [0.1, 0.15) is 23.2 Å². The summed E-state index contributed by atoms with van der Waals surface area (Å²) in [4.78, 5) is 15.2. The molecule has 0 spiro atoms. The number of carbonyl (C=O) groups is 1. The van der Waals surface area contributed by atoms with Gasteiger partial charge in [0.1, 0.15) is 19.0 Å². The molecule has 158 valence electrons. The van der Waals surface area contributed by atoms with E-state index in [1.54, 1.807) is 30.3 Å². The highest BCUT2D eigenvalue weighted by molar-refractivity contribution is 6.30. The first kappa shape index (κ1) is 19.5. The molecule has 0 unspecified atom stereocenters. The van der Waals surface area contributed by atoms with Crippen LogP contribution in [0.2, 0.25) is 5.02 Å². The lowest BCUT2D eigenvalue weighted by atomic mass is 9.84. The zero-order chi connectivity index (χ0) is 20.5. The van der Waals surface area contributed by atoms with Gasteiger partial charge in [0.25, 0.3) is 5.91 Å².